The van der Waals surface area contributed by atoms with Gasteiger partial charge in [-0.05, 0) is 64.2 Å². The summed E-state index contributed by atoms with van der Waals surface area (Å²) >= 11 is 0. The molecule has 1 unspecified atom stereocenters. The van der Waals surface area contributed by atoms with Gasteiger partial charge >= 0.3 is 6.18 Å². The number of amides is 1. The summed E-state index contributed by atoms with van der Waals surface area (Å²) in [5.74, 6) is -0.387. The largest absolute Gasteiger partial charge is 0.416 e. The lowest BCUT2D eigenvalue weighted by Crippen LogP contribution is -2.23. The van der Waals surface area contributed by atoms with Crippen molar-refractivity contribution in [3.63, 3.8) is 0 Å². The molecule has 5 rings (SSSR count). The Morgan fingerprint density at radius 2 is 1.63 bits per heavy atom. The first-order chi connectivity index (χ1) is 18.2. The Bertz CT molecular complexity index is 1510. The van der Waals surface area contributed by atoms with Gasteiger partial charge in [0.25, 0.3) is 5.91 Å². The number of hydrogen-bond acceptors (Lipinski definition) is 4. The molecule has 4 N–H and O–H groups in total. The van der Waals surface area contributed by atoms with Gasteiger partial charge in [0.05, 0.1) is 11.6 Å². The summed E-state index contributed by atoms with van der Waals surface area (Å²) in [5.41, 5.74) is 10.3. The van der Waals surface area contributed by atoms with Crippen LogP contribution in [0.1, 0.15) is 38.7 Å². The van der Waals surface area contributed by atoms with E-state index in [1.54, 1.807) is 36.4 Å². The first kappa shape index (κ1) is 25.2. The number of hydrogen-bond donors (Lipinski definition) is 3. The summed E-state index contributed by atoms with van der Waals surface area (Å²) in [4.78, 5) is 26.1. The minimum Gasteiger partial charge on any atom is -0.398 e. The number of carbonyl (C=O) groups excluding carboxylic acids is 2. The number of benzene rings is 4. The number of alkyl halides is 3. The predicted octanol–water partition coefficient (Wildman–Crippen LogP) is 6.16. The topological polar surface area (TPSA) is 84.2 Å². The average molecular weight is 516 g/mol. The van der Waals surface area contributed by atoms with E-state index in [4.69, 9.17) is 5.73 Å². The van der Waals surface area contributed by atoms with Crippen molar-refractivity contribution >= 4 is 23.1 Å². The highest BCUT2D eigenvalue weighted by molar-refractivity contribution is 6.08. The van der Waals surface area contributed by atoms with E-state index in [0.717, 1.165) is 28.8 Å². The van der Waals surface area contributed by atoms with Gasteiger partial charge in [0.1, 0.15) is 0 Å². The van der Waals surface area contributed by atoms with Crippen LogP contribution in [0.2, 0.25) is 0 Å². The van der Waals surface area contributed by atoms with Crippen LogP contribution in [0.15, 0.2) is 91.0 Å². The molecule has 1 aliphatic rings. The molecule has 4 aromatic rings. The Labute approximate surface area is 217 Å². The standard InChI is InChI=1S/C30H24F3N3O2/c31-30(32,33)21-11-9-18(10-12-21)23-6-2-3-7-25(23)29(38)36-22-13-14-24-20(15-22)17-35-28(24)27(37)16-19-5-1-4-8-26(19)34/h1-15,28,35H,16-17,34H2,(H,36,38). The third-order valence-corrected chi connectivity index (χ3v) is 6.65. The Morgan fingerprint density at radius 1 is 0.921 bits per heavy atom. The van der Waals surface area contributed by atoms with Crippen molar-refractivity contribution < 1.29 is 22.8 Å². The zero-order valence-electron chi connectivity index (χ0n) is 20.2. The Morgan fingerprint density at radius 3 is 2.37 bits per heavy atom. The monoisotopic (exact) mass is 515 g/mol. The van der Waals surface area contributed by atoms with Crippen LogP contribution < -0.4 is 16.4 Å². The fourth-order valence-electron chi connectivity index (χ4n) is 4.68. The Balaban J connectivity index is 1.32. The maximum atomic E-state index is 13.2. The zero-order valence-corrected chi connectivity index (χ0v) is 20.2. The third-order valence-electron chi connectivity index (χ3n) is 6.65. The van der Waals surface area contributed by atoms with Crippen molar-refractivity contribution in [2.45, 2.75) is 25.2 Å². The molecule has 0 saturated heterocycles. The third kappa shape index (κ3) is 5.17. The van der Waals surface area contributed by atoms with Gasteiger partial charge in [-0.25, -0.2) is 0 Å². The molecule has 4 aromatic carbocycles. The van der Waals surface area contributed by atoms with Crippen molar-refractivity contribution in [1.29, 1.82) is 0 Å². The fraction of sp³-hybridized carbons (Fsp3) is 0.133. The van der Waals surface area contributed by atoms with Gasteiger partial charge in [-0.2, -0.15) is 13.2 Å². The molecule has 0 aliphatic carbocycles. The minimum absolute atomic E-state index is 0.00362. The van der Waals surface area contributed by atoms with E-state index < -0.39 is 23.7 Å². The van der Waals surface area contributed by atoms with Crippen LogP contribution in [0.3, 0.4) is 0 Å². The molecule has 0 saturated carbocycles. The van der Waals surface area contributed by atoms with Crippen LogP contribution in [0, 0.1) is 0 Å². The van der Waals surface area contributed by atoms with Crippen molar-refractivity contribution in [1.82, 2.24) is 5.32 Å². The molecule has 0 fully saturated rings. The molecule has 0 radical (unpaired) electrons. The quantitative estimate of drug-likeness (QED) is 0.269. The number of Topliss-reactive ketones (excluding diaryl/α,β-unsaturated/α-hetero) is 1. The number of anilines is 2. The van der Waals surface area contributed by atoms with Gasteiger partial charge in [-0.15, -0.1) is 0 Å². The number of nitrogen functional groups attached to an aromatic ring is 1. The molecular formula is C30H24F3N3O2. The molecule has 38 heavy (non-hydrogen) atoms. The molecule has 192 valence electrons. The smallest absolute Gasteiger partial charge is 0.398 e. The average Bonchev–Trinajstić information content (AvgIpc) is 3.33. The first-order valence-electron chi connectivity index (χ1n) is 12.0. The maximum Gasteiger partial charge on any atom is 0.416 e. The van der Waals surface area contributed by atoms with Crippen LogP contribution in [0.4, 0.5) is 24.5 Å². The van der Waals surface area contributed by atoms with E-state index in [1.165, 1.54) is 12.1 Å². The maximum absolute atomic E-state index is 13.2. The van der Waals surface area contributed by atoms with E-state index in [2.05, 4.69) is 10.6 Å². The van der Waals surface area contributed by atoms with Gasteiger partial charge < -0.3 is 11.1 Å². The molecule has 0 spiro atoms. The first-order valence-corrected chi connectivity index (χ1v) is 12.0. The predicted molar refractivity (Wildman–Crippen MR) is 140 cm³/mol. The normalized spacial score (nSPS) is 14.7. The van der Waals surface area contributed by atoms with E-state index in [0.29, 0.717) is 34.6 Å². The number of ketones is 1. The summed E-state index contributed by atoms with van der Waals surface area (Å²) in [7, 11) is 0. The van der Waals surface area contributed by atoms with Crippen molar-refractivity contribution in [2.24, 2.45) is 0 Å². The minimum atomic E-state index is -4.43. The SMILES string of the molecule is Nc1ccccc1CC(=O)C1NCc2cc(NC(=O)c3ccccc3-c3ccc(C(F)(F)F)cc3)ccc21. The molecule has 1 heterocycles. The second-order valence-electron chi connectivity index (χ2n) is 9.14. The molecule has 0 aromatic heterocycles. The van der Waals surface area contributed by atoms with Crippen LogP contribution in [0.5, 0.6) is 0 Å². The lowest BCUT2D eigenvalue weighted by molar-refractivity contribution is -0.137. The Hall–Kier alpha value is -4.43. The second-order valence-corrected chi connectivity index (χ2v) is 9.14. The van der Waals surface area contributed by atoms with E-state index in [1.807, 2.05) is 30.3 Å². The number of nitrogens with two attached hydrogens (primary N) is 1. The summed E-state index contributed by atoms with van der Waals surface area (Å²) in [6.07, 6.45) is -4.22. The molecule has 1 atom stereocenters. The highest BCUT2D eigenvalue weighted by atomic mass is 19.4. The van der Waals surface area contributed by atoms with Gasteiger partial charge in [-0.3, -0.25) is 14.9 Å². The molecule has 0 bridgehead atoms. The van der Waals surface area contributed by atoms with Crippen LogP contribution in [-0.2, 0) is 23.9 Å². The van der Waals surface area contributed by atoms with Crippen molar-refractivity contribution in [3.05, 3.63) is 119 Å². The summed E-state index contributed by atoms with van der Waals surface area (Å²) < 4.78 is 38.9. The molecule has 1 amide bonds. The number of carbonyl (C=O) groups is 2. The highest BCUT2D eigenvalue weighted by Gasteiger charge is 2.30. The van der Waals surface area contributed by atoms with Crippen molar-refractivity contribution in [3.8, 4) is 11.1 Å². The number of nitrogens with one attached hydrogen (secondary N) is 2. The summed E-state index contributed by atoms with van der Waals surface area (Å²) in [6.45, 7) is 0.474. The number of halogens is 3. The summed E-state index contributed by atoms with van der Waals surface area (Å²) in [5, 5.41) is 6.11. The van der Waals surface area contributed by atoms with E-state index in [-0.39, 0.29) is 12.2 Å². The highest BCUT2D eigenvalue weighted by Crippen LogP contribution is 2.33. The lowest BCUT2D eigenvalue weighted by Gasteiger charge is -2.14. The van der Waals surface area contributed by atoms with E-state index in [9.17, 15) is 22.8 Å². The molecular weight excluding hydrogens is 491 g/mol. The van der Waals surface area contributed by atoms with Gasteiger partial charge in [0.2, 0.25) is 0 Å². The zero-order chi connectivity index (χ0) is 26.9. The molecule has 5 nitrogen and oxygen atoms in total. The van der Waals surface area contributed by atoms with Crippen LogP contribution in [-0.4, -0.2) is 11.7 Å². The van der Waals surface area contributed by atoms with Gasteiger partial charge in [-0.1, -0.05) is 54.6 Å². The number of para-hydroxylation sites is 1. The van der Waals surface area contributed by atoms with Crippen LogP contribution >= 0.6 is 0 Å². The summed E-state index contributed by atoms with van der Waals surface area (Å²) in [6, 6.07) is 23.7. The Kier molecular flexibility index (Phi) is 6.73. The fourth-order valence-corrected chi connectivity index (χ4v) is 4.68. The van der Waals surface area contributed by atoms with Gasteiger partial charge in [0, 0.05) is 29.9 Å². The molecule has 1 aliphatic heterocycles. The van der Waals surface area contributed by atoms with E-state index >= 15 is 0 Å². The molecule has 8 heteroatoms. The number of fused-ring (bicyclic) bond motifs is 1. The van der Waals surface area contributed by atoms with Crippen LogP contribution in [0.25, 0.3) is 11.1 Å². The number of rotatable bonds is 6. The second kappa shape index (κ2) is 10.1. The lowest BCUT2D eigenvalue weighted by atomic mass is 9.96. The van der Waals surface area contributed by atoms with Crippen molar-refractivity contribution in [2.75, 3.05) is 11.1 Å². The van der Waals surface area contributed by atoms with Gasteiger partial charge in [0.15, 0.2) is 5.78 Å².